The smallest absolute Gasteiger partial charge is 0.408 e. The molecule has 0 unspecified atom stereocenters. The average Bonchev–Trinajstić information content (AvgIpc) is 3.21. The Balaban J connectivity index is 1.47. The maximum atomic E-state index is 12.7. The molecule has 2 heterocycles. The molecule has 0 spiro atoms. The third-order valence-corrected chi connectivity index (χ3v) is 4.58. The van der Waals surface area contributed by atoms with Crippen LogP contribution in [0.25, 0.3) is 11.1 Å². The van der Waals surface area contributed by atoms with Gasteiger partial charge in [0.15, 0.2) is 5.58 Å². The number of carbonyl (C=O) groups is 1. The zero-order valence-corrected chi connectivity index (χ0v) is 13.7. The molecule has 0 bridgehead atoms. The van der Waals surface area contributed by atoms with E-state index in [0.717, 1.165) is 25.9 Å². The highest BCUT2D eigenvalue weighted by atomic mass is 16.4. The molecule has 4 rings (SSSR count). The first kappa shape index (κ1) is 15.7. The van der Waals surface area contributed by atoms with E-state index in [1.807, 2.05) is 18.2 Å². The molecule has 1 fully saturated rings. The lowest BCUT2D eigenvalue weighted by Gasteiger charge is -2.23. The topological polar surface area (TPSA) is 78.3 Å². The number of hydrogen-bond acceptors (Lipinski definition) is 4. The summed E-state index contributed by atoms with van der Waals surface area (Å²) in [6.07, 6.45) is 1.86. The average molecular weight is 337 g/mol. The van der Waals surface area contributed by atoms with Crippen LogP contribution in [-0.2, 0) is 11.3 Å². The number of carbonyl (C=O) groups excluding carboxylic acids is 1. The summed E-state index contributed by atoms with van der Waals surface area (Å²) >= 11 is 0. The van der Waals surface area contributed by atoms with Crippen LogP contribution in [0.5, 0.6) is 0 Å². The van der Waals surface area contributed by atoms with Crippen molar-refractivity contribution in [3.8, 4) is 0 Å². The number of nitrogens with one attached hydrogen (secondary N) is 2. The minimum atomic E-state index is -0.497. The van der Waals surface area contributed by atoms with Crippen LogP contribution >= 0.6 is 0 Å². The summed E-state index contributed by atoms with van der Waals surface area (Å²) in [5, 5.41) is 2.96. The summed E-state index contributed by atoms with van der Waals surface area (Å²) in [4.78, 5) is 28.8. The number of rotatable bonds is 4. The van der Waals surface area contributed by atoms with Gasteiger partial charge < -0.3 is 9.73 Å². The number of amides is 1. The lowest BCUT2D eigenvalue weighted by atomic mass is 10.1. The van der Waals surface area contributed by atoms with Gasteiger partial charge in [0, 0.05) is 12.2 Å². The van der Waals surface area contributed by atoms with Gasteiger partial charge in [0.1, 0.15) is 0 Å². The van der Waals surface area contributed by atoms with Crippen LogP contribution in [0, 0.1) is 0 Å². The van der Waals surface area contributed by atoms with Crippen LogP contribution in [0.2, 0.25) is 0 Å². The normalized spacial score (nSPS) is 17.8. The van der Waals surface area contributed by atoms with Crippen molar-refractivity contribution in [2.24, 2.45) is 0 Å². The van der Waals surface area contributed by atoms with Gasteiger partial charge >= 0.3 is 5.76 Å². The van der Waals surface area contributed by atoms with Crippen LogP contribution in [0.15, 0.2) is 57.7 Å². The highest BCUT2D eigenvalue weighted by molar-refractivity contribution is 5.96. The van der Waals surface area contributed by atoms with Crippen molar-refractivity contribution in [1.82, 2.24) is 9.88 Å². The third kappa shape index (κ3) is 3.34. The van der Waals surface area contributed by atoms with Gasteiger partial charge in [0.25, 0.3) is 0 Å². The predicted octanol–water partition coefficient (Wildman–Crippen LogP) is 2.72. The summed E-state index contributed by atoms with van der Waals surface area (Å²) in [7, 11) is 0. The molecule has 0 saturated carbocycles. The highest BCUT2D eigenvalue weighted by Crippen LogP contribution is 2.22. The fraction of sp³-hybridized carbons (Fsp3) is 0.263. The second-order valence-electron chi connectivity index (χ2n) is 6.33. The van der Waals surface area contributed by atoms with Gasteiger partial charge in [-0.05, 0) is 43.1 Å². The van der Waals surface area contributed by atoms with E-state index in [4.69, 9.17) is 4.42 Å². The quantitative estimate of drug-likeness (QED) is 0.767. The Morgan fingerprint density at radius 1 is 1.24 bits per heavy atom. The fourth-order valence-electron chi connectivity index (χ4n) is 3.39. The Morgan fingerprint density at radius 3 is 2.92 bits per heavy atom. The molecule has 2 N–H and O–H groups in total. The molecule has 25 heavy (non-hydrogen) atoms. The zero-order valence-electron chi connectivity index (χ0n) is 13.7. The number of fused-ring (bicyclic) bond motifs is 1. The first-order valence-corrected chi connectivity index (χ1v) is 8.41. The number of anilines is 1. The van der Waals surface area contributed by atoms with Crippen molar-refractivity contribution in [3.05, 3.63) is 64.6 Å². The summed E-state index contributed by atoms with van der Waals surface area (Å²) in [5.41, 5.74) is 2.92. The van der Waals surface area contributed by atoms with Crippen molar-refractivity contribution < 1.29 is 9.21 Å². The fourth-order valence-corrected chi connectivity index (χ4v) is 3.39. The number of hydrogen-bond donors (Lipinski definition) is 2. The lowest BCUT2D eigenvalue weighted by Crippen LogP contribution is -2.39. The van der Waals surface area contributed by atoms with Crippen molar-refractivity contribution in [1.29, 1.82) is 0 Å². The molecule has 1 saturated heterocycles. The molecule has 1 aliphatic heterocycles. The van der Waals surface area contributed by atoms with E-state index in [1.165, 1.54) is 5.56 Å². The van der Waals surface area contributed by atoms with Gasteiger partial charge in [-0.15, -0.1) is 0 Å². The maximum absolute atomic E-state index is 12.7. The second kappa shape index (κ2) is 6.57. The van der Waals surface area contributed by atoms with Crippen LogP contribution in [0.1, 0.15) is 18.4 Å². The van der Waals surface area contributed by atoms with E-state index in [0.29, 0.717) is 16.8 Å². The number of oxazole rings is 1. The number of H-pyrrole nitrogens is 1. The second-order valence-corrected chi connectivity index (χ2v) is 6.33. The molecule has 0 aliphatic carbocycles. The molecule has 0 radical (unpaired) electrons. The number of nitrogens with zero attached hydrogens (tertiary/aromatic N) is 1. The Morgan fingerprint density at radius 2 is 2.08 bits per heavy atom. The number of aromatic amines is 1. The van der Waals surface area contributed by atoms with E-state index in [1.54, 1.807) is 18.2 Å². The van der Waals surface area contributed by atoms with Gasteiger partial charge in [0.2, 0.25) is 5.91 Å². The largest absolute Gasteiger partial charge is 0.417 e. The Labute approximate surface area is 144 Å². The van der Waals surface area contributed by atoms with Crippen molar-refractivity contribution in [2.75, 3.05) is 11.9 Å². The minimum Gasteiger partial charge on any atom is -0.408 e. The first-order valence-electron chi connectivity index (χ1n) is 8.41. The van der Waals surface area contributed by atoms with Crippen molar-refractivity contribution in [2.45, 2.75) is 25.4 Å². The van der Waals surface area contributed by atoms with Crippen molar-refractivity contribution >= 4 is 22.7 Å². The monoisotopic (exact) mass is 337 g/mol. The molecule has 2 aromatic carbocycles. The van der Waals surface area contributed by atoms with E-state index in [-0.39, 0.29) is 11.9 Å². The third-order valence-electron chi connectivity index (χ3n) is 4.58. The van der Waals surface area contributed by atoms with Gasteiger partial charge in [-0.25, -0.2) is 4.79 Å². The molecule has 128 valence electrons. The van der Waals surface area contributed by atoms with Gasteiger partial charge in [-0.1, -0.05) is 30.3 Å². The molecule has 6 nitrogen and oxygen atoms in total. The van der Waals surface area contributed by atoms with Crippen LogP contribution in [-0.4, -0.2) is 28.4 Å². The molecule has 3 aromatic rings. The Kier molecular flexibility index (Phi) is 4.11. The van der Waals surface area contributed by atoms with Crippen molar-refractivity contribution in [3.63, 3.8) is 0 Å². The number of aromatic nitrogens is 1. The van der Waals surface area contributed by atoms with E-state index >= 15 is 0 Å². The predicted molar refractivity (Wildman–Crippen MR) is 95.3 cm³/mol. The summed E-state index contributed by atoms with van der Waals surface area (Å²) in [6.45, 7) is 1.69. The van der Waals surface area contributed by atoms with Crippen LogP contribution in [0.4, 0.5) is 5.69 Å². The van der Waals surface area contributed by atoms with Crippen LogP contribution in [0.3, 0.4) is 0 Å². The number of likely N-dealkylation sites (tertiary alicyclic amines) is 1. The molecule has 1 aliphatic rings. The van der Waals surface area contributed by atoms with E-state index < -0.39 is 5.76 Å². The zero-order chi connectivity index (χ0) is 17.2. The summed E-state index contributed by atoms with van der Waals surface area (Å²) in [5.74, 6) is -0.512. The Bertz CT molecular complexity index is 945. The molecular formula is C19H19N3O3. The molecule has 1 amide bonds. The standard InChI is InChI=1S/C19H19N3O3/c23-18(20-14-8-9-17-15(11-14)21-19(24)25-17)16-7-4-10-22(16)12-13-5-2-1-3-6-13/h1-3,5-6,8-9,11,16H,4,7,10,12H2,(H,20,23)(H,21,24)/t16-/m0/s1. The van der Waals surface area contributed by atoms with Gasteiger partial charge in [-0.2, -0.15) is 0 Å². The lowest BCUT2D eigenvalue weighted by molar-refractivity contribution is -0.120. The first-order chi connectivity index (χ1) is 12.2. The SMILES string of the molecule is O=C(Nc1ccc2oc(=O)[nH]c2c1)[C@@H]1CCCN1Cc1ccccc1. The highest BCUT2D eigenvalue weighted by Gasteiger charge is 2.30. The molecule has 6 heteroatoms. The van der Waals surface area contributed by atoms with E-state index in [9.17, 15) is 9.59 Å². The Hall–Kier alpha value is -2.86. The minimum absolute atomic E-state index is 0.0152. The van der Waals surface area contributed by atoms with Gasteiger partial charge in [-0.3, -0.25) is 14.7 Å². The summed E-state index contributed by atoms with van der Waals surface area (Å²) < 4.78 is 4.98. The molecule has 1 atom stereocenters. The van der Waals surface area contributed by atoms with Gasteiger partial charge in [0.05, 0.1) is 11.6 Å². The van der Waals surface area contributed by atoms with Crippen LogP contribution < -0.4 is 11.1 Å². The maximum Gasteiger partial charge on any atom is 0.417 e. The molecule has 1 aromatic heterocycles. The van der Waals surface area contributed by atoms with E-state index in [2.05, 4.69) is 27.3 Å². The summed E-state index contributed by atoms with van der Waals surface area (Å²) in [6, 6.07) is 15.2. The number of benzene rings is 2. The molecular weight excluding hydrogens is 318 g/mol.